The maximum Gasteiger partial charge on any atom is 0.267 e. The highest BCUT2D eigenvalue weighted by Gasteiger charge is 2.20. The minimum absolute atomic E-state index is 0.208. The fraction of sp³-hybridized carbons (Fsp3) is 0.238. The third-order valence-electron chi connectivity index (χ3n) is 4.74. The molecule has 1 heterocycles. The van der Waals surface area contributed by atoms with Crippen molar-refractivity contribution >= 4 is 16.8 Å². The van der Waals surface area contributed by atoms with Crippen LogP contribution in [0.15, 0.2) is 24.3 Å². The fourth-order valence-electron chi connectivity index (χ4n) is 3.26. The Bertz CT molecular complexity index is 1110. The smallest absolute Gasteiger partial charge is 0.267 e. The van der Waals surface area contributed by atoms with Crippen LogP contribution in [0.4, 0.5) is 8.78 Å². The number of rotatable bonds is 3. The average Bonchev–Trinajstić information content (AvgIpc) is 2.98. The number of nitrogens with zero attached hydrogens (tertiary/aromatic N) is 1. The summed E-state index contributed by atoms with van der Waals surface area (Å²) in [6.07, 6.45) is 0. The number of carbonyl (C=O) groups is 1. The normalized spacial score (nSPS) is 11.0. The summed E-state index contributed by atoms with van der Waals surface area (Å²) in [6.45, 7) is 5.34. The number of aryl methyl sites for hydroxylation is 1. The van der Waals surface area contributed by atoms with Gasteiger partial charge in [-0.15, -0.1) is 0 Å². The largest absolute Gasteiger partial charge is 0.354 e. The number of halogens is 2. The zero-order chi connectivity index (χ0) is 19.9. The molecule has 0 saturated carbocycles. The van der Waals surface area contributed by atoms with E-state index in [9.17, 15) is 18.8 Å². The Balaban J connectivity index is 2.38. The molecule has 3 aromatic rings. The first-order valence-electron chi connectivity index (χ1n) is 8.56. The number of nitriles is 1. The third-order valence-corrected chi connectivity index (χ3v) is 4.74. The van der Waals surface area contributed by atoms with Gasteiger partial charge in [0.25, 0.3) is 5.91 Å². The van der Waals surface area contributed by atoms with E-state index in [2.05, 4.69) is 16.4 Å². The van der Waals surface area contributed by atoms with Gasteiger partial charge in [-0.05, 0) is 53.8 Å². The summed E-state index contributed by atoms with van der Waals surface area (Å²) < 4.78 is 28.4. The van der Waals surface area contributed by atoms with Crippen LogP contribution in [0.2, 0.25) is 0 Å². The standard InChI is InChI=1S/C21H19F2N3O/c1-10(2)14-7-13(8-17(22)18(14)23)16-6-12(9-24)5-15-11(3)19(21(27)25-4)26-20(15)16/h5-8,10,26H,1-4H3,(H,25,27). The summed E-state index contributed by atoms with van der Waals surface area (Å²) in [5.41, 5.74) is 3.29. The van der Waals surface area contributed by atoms with Gasteiger partial charge in [0.05, 0.1) is 17.1 Å². The average molecular weight is 367 g/mol. The van der Waals surface area contributed by atoms with E-state index in [1.165, 1.54) is 7.05 Å². The predicted octanol–water partition coefficient (Wildman–Crippen LogP) is 4.78. The monoisotopic (exact) mass is 367 g/mol. The van der Waals surface area contributed by atoms with Crippen molar-refractivity contribution in [2.45, 2.75) is 26.7 Å². The molecule has 1 amide bonds. The van der Waals surface area contributed by atoms with Crippen LogP contribution in [0.3, 0.4) is 0 Å². The highest BCUT2D eigenvalue weighted by molar-refractivity contribution is 6.05. The van der Waals surface area contributed by atoms with Gasteiger partial charge in [-0.3, -0.25) is 4.79 Å². The first-order valence-corrected chi connectivity index (χ1v) is 8.56. The van der Waals surface area contributed by atoms with Gasteiger partial charge in [0.15, 0.2) is 11.6 Å². The molecule has 0 unspecified atom stereocenters. The molecule has 0 aliphatic carbocycles. The first-order chi connectivity index (χ1) is 12.8. The molecule has 27 heavy (non-hydrogen) atoms. The van der Waals surface area contributed by atoms with E-state index >= 15 is 0 Å². The Hall–Kier alpha value is -3.20. The number of hydrogen-bond donors (Lipinski definition) is 2. The van der Waals surface area contributed by atoms with Gasteiger partial charge in [0, 0.05) is 18.0 Å². The molecule has 6 heteroatoms. The zero-order valence-electron chi connectivity index (χ0n) is 15.5. The number of aromatic nitrogens is 1. The van der Waals surface area contributed by atoms with E-state index in [-0.39, 0.29) is 17.4 Å². The molecule has 0 saturated heterocycles. The van der Waals surface area contributed by atoms with E-state index < -0.39 is 11.6 Å². The van der Waals surface area contributed by atoms with E-state index in [4.69, 9.17) is 0 Å². The van der Waals surface area contributed by atoms with Crippen molar-refractivity contribution in [1.82, 2.24) is 10.3 Å². The molecule has 0 fully saturated rings. The maximum atomic E-state index is 14.2. The Labute approximate surface area is 155 Å². The van der Waals surface area contributed by atoms with Gasteiger partial charge in [-0.2, -0.15) is 5.26 Å². The van der Waals surface area contributed by atoms with Crippen molar-refractivity contribution < 1.29 is 13.6 Å². The predicted molar refractivity (Wildman–Crippen MR) is 101 cm³/mol. The van der Waals surface area contributed by atoms with Crippen LogP contribution in [-0.4, -0.2) is 17.9 Å². The van der Waals surface area contributed by atoms with Crippen molar-refractivity contribution in [3.63, 3.8) is 0 Å². The lowest BCUT2D eigenvalue weighted by molar-refractivity contribution is 0.0958. The van der Waals surface area contributed by atoms with Crippen molar-refractivity contribution in [3.05, 3.63) is 58.3 Å². The Kier molecular flexibility index (Phi) is 4.71. The molecular weight excluding hydrogens is 348 g/mol. The molecular formula is C21H19F2N3O. The van der Waals surface area contributed by atoms with E-state index in [1.54, 1.807) is 39.0 Å². The Morgan fingerprint density at radius 2 is 1.93 bits per heavy atom. The molecule has 0 radical (unpaired) electrons. The van der Waals surface area contributed by atoms with Gasteiger partial charge in [0.2, 0.25) is 0 Å². The second-order valence-electron chi connectivity index (χ2n) is 6.78. The molecule has 0 bridgehead atoms. The minimum Gasteiger partial charge on any atom is -0.354 e. The van der Waals surface area contributed by atoms with Crippen molar-refractivity contribution in [2.24, 2.45) is 0 Å². The first kappa shape index (κ1) is 18.6. The highest BCUT2D eigenvalue weighted by Crippen LogP contribution is 2.35. The summed E-state index contributed by atoms with van der Waals surface area (Å²) in [4.78, 5) is 15.2. The molecule has 0 atom stereocenters. The lowest BCUT2D eigenvalue weighted by Gasteiger charge is -2.12. The highest BCUT2D eigenvalue weighted by atomic mass is 19.2. The summed E-state index contributed by atoms with van der Waals surface area (Å²) in [5.74, 6) is -2.31. The quantitative estimate of drug-likeness (QED) is 0.700. The lowest BCUT2D eigenvalue weighted by atomic mass is 9.94. The number of aromatic amines is 1. The Morgan fingerprint density at radius 3 is 2.52 bits per heavy atom. The molecule has 0 spiro atoms. The summed E-state index contributed by atoms with van der Waals surface area (Å²) in [6, 6.07) is 8.09. The van der Waals surface area contributed by atoms with Crippen LogP contribution in [0.5, 0.6) is 0 Å². The van der Waals surface area contributed by atoms with Gasteiger partial charge >= 0.3 is 0 Å². The molecule has 1 aromatic heterocycles. The second kappa shape index (κ2) is 6.84. The minimum atomic E-state index is -0.943. The second-order valence-corrected chi connectivity index (χ2v) is 6.78. The van der Waals surface area contributed by atoms with Crippen LogP contribution < -0.4 is 5.32 Å². The Morgan fingerprint density at radius 1 is 1.22 bits per heavy atom. The lowest BCUT2D eigenvalue weighted by Crippen LogP contribution is -2.19. The van der Waals surface area contributed by atoms with Crippen molar-refractivity contribution in [1.29, 1.82) is 5.26 Å². The van der Waals surface area contributed by atoms with Gasteiger partial charge in [0.1, 0.15) is 5.69 Å². The van der Waals surface area contributed by atoms with Crippen LogP contribution in [-0.2, 0) is 0 Å². The van der Waals surface area contributed by atoms with Crippen molar-refractivity contribution in [2.75, 3.05) is 7.05 Å². The number of fused-ring (bicyclic) bond motifs is 1. The molecule has 2 N–H and O–H groups in total. The molecule has 0 aliphatic rings. The van der Waals surface area contributed by atoms with Crippen LogP contribution in [0, 0.1) is 29.9 Å². The topological polar surface area (TPSA) is 68.7 Å². The van der Waals surface area contributed by atoms with Gasteiger partial charge < -0.3 is 10.3 Å². The molecule has 2 aromatic carbocycles. The summed E-state index contributed by atoms with van der Waals surface area (Å²) >= 11 is 0. The van der Waals surface area contributed by atoms with Gasteiger partial charge in [-0.1, -0.05) is 13.8 Å². The number of amides is 1. The number of hydrogen-bond acceptors (Lipinski definition) is 2. The van der Waals surface area contributed by atoms with E-state index in [1.807, 2.05) is 0 Å². The molecule has 3 rings (SSSR count). The van der Waals surface area contributed by atoms with E-state index in [0.29, 0.717) is 38.9 Å². The van der Waals surface area contributed by atoms with E-state index in [0.717, 1.165) is 6.07 Å². The third kappa shape index (κ3) is 3.06. The number of H-pyrrole nitrogens is 1. The summed E-state index contributed by atoms with van der Waals surface area (Å²) in [7, 11) is 1.53. The molecule has 4 nitrogen and oxygen atoms in total. The fourth-order valence-corrected chi connectivity index (χ4v) is 3.26. The molecule has 138 valence electrons. The number of benzene rings is 2. The SMILES string of the molecule is CNC(=O)c1[nH]c2c(-c3cc(F)c(F)c(C(C)C)c3)cc(C#N)cc2c1C. The summed E-state index contributed by atoms with van der Waals surface area (Å²) in [5, 5.41) is 12.6. The van der Waals surface area contributed by atoms with Crippen LogP contribution in [0.25, 0.3) is 22.0 Å². The number of carbonyl (C=O) groups excluding carboxylic acids is 1. The van der Waals surface area contributed by atoms with Crippen LogP contribution >= 0.6 is 0 Å². The van der Waals surface area contributed by atoms with Gasteiger partial charge in [-0.25, -0.2) is 8.78 Å². The molecule has 0 aliphatic heterocycles. The van der Waals surface area contributed by atoms with Crippen molar-refractivity contribution in [3.8, 4) is 17.2 Å². The zero-order valence-corrected chi connectivity index (χ0v) is 15.5. The number of nitrogens with one attached hydrogen (secondary N) is 2. The maximum absolute atomic E-state index is 14.2. The van der Waals surface area contributed by atoms with Crippen LogP contribution in [0.1, 0.15) is 46.9 Å².